The predicted molar refractivity (Wildman–Crippen MR) is 122 cm³/mol. The van der Waals surface area contributed by atoms with Gasteiger partial charge in [0.1, 0.15) is 5.75 Å². The van der Waals surface area contributed by atoms with Crippen LogP contribution in [0.15, 0.2) is 48.5 Å². The maximum absolute atomic E-state index is 13.0. The van der Waals surface area contributed by atoms with Gasteiger partial charge in [0.15, 0.2) is 0 Å². The van der Waals surface area contributed by atoms with E-state index >= 15 is 0 Å². The molecule has 2 aromatic rings. The normalized spacial score (nSPS) is 16.2. The van der Waals surface area contributed by atoms with E-state index in [1.54, 1.807) is 7.11 Å². The van der Waals surface area contributed by atoms with E-state index in [4.69, 9.17) is 24.5 Å². The first-order chi connectivity index (χ1) is 15.9. The first-order valence-electron chi connectivity index (χ1n) is 11.0. The lowest BCUT2D eigenvalue weighted by molar-refractivity contribution is -0.159. The quantitative estimate of drug-likeness (QED) is 0.684. The fourth-order valence-corrected chi connectivity index (χ4v) is 4.35. The smallest absolute Gasteiger partial charge is 0.414 e. The van der Waals surface area contributed by atoms with Crippen LogP contribution in [0.1, 0.15) is 29.5 Å². The van der Waals surface area contributed by atoms with Gasteiger partial charge in [0.05, 0.1) is 7.11 Å². The van der Waals surface area contributed by atoms with Gasteiger partial charge in [-0.2, -0.15) is 0 Å². The number of carbonyl (C=O) groups is 3. The van der Waals surface area contributed by atoms with Crippen LogP contribution in [0.25, 0.3) is 0 Å². The maximum Gasteiger partial charge on any atom is 0.414 e. The lowest BCUT2D eigenvalue weighted by Crippen LogP contribution is -2.44. The Balaban J connectivity index is 0.000000454. The number of benzene rings is 2. The van der Waals surface area contributed by atoms with Crippen LogP contribution in [-0.2, 0) is 33.9 Å². The number of methoxy groups -OCH3 is 1. The minimum Gasteiger partial charge on any atom is -0.496 e. The summed E-state index contributed by atoms with van der Waals surface area (Å²) in [7, 11) is 1.72. The van der Waals surface area contributed by atoms with Gasteiger partial charge in [-0.15, -0.1) is 0 Å². The molecule has 0 atom stereocenters. The number of likely N-dealkylation sites (tertiary alicyclic amines) is 1. The molecule has 176 valence electrons. The Morgan fingerprint density at radius 2 is 1.52 bits per heavy atom. The molecule has 4 rings (SSSR count). The van der Waals surface area contributed by atoms with Crippen molar-refractivity contribution in [2.24, 2.45) is 5.92 Å². The van der Waals surface area contributed by atoms with Gasteiger partial charge in [-0.05, 0) is 49.5 Å². The van der Waals surface area contributed by atoms with Crippen LogP contribution in [0.3, 0.4) is 0 Å². The third kappa shape index (κ3) is 6.55. The number of carbonyl (C=O) groups excluding carboxylic acids is 1. The summed E-state index contributed by atoms with van der Waals surface area (Å²) in [5.41, 5.74) is 3.93. The van der Waals surface area contributed by atoms with Crippen LogP contribution in [0.4, 0.5) is 0 Å². The number of para-hydroxylation sites is 1. The number of ether oxygens (including phenoxy) is 1. The number of nitrogens with zero attached hydrogens (tertiary/aromatic N) is 2. The SMILES string of the molecule is COc1ccccc1CN1CCC(C(=O)N2CCc3ccccc3C2)CC1.O=C(O)C(=O)O. The number of amides is 1. The number of aliphatic carboxylic acids is 2. The molecule has 0 bridgehead atoms. The summed E-state index contributed by atoms with van der Waals surface area (Å²) in [5.74, 6) is -2.18. The highest BCUT2D eigenvalue weighted by atomic mass is 16.5. The fourth-order valence-electron chi connectivity index (χ4n) is 4.35. The van der Waals surface area contributed by atoms with E-state index in [-0.39, 0.29) is 5.92 Å². The molecule has 1 saturated heterocycles. The lowest BCUT2D eigenvalue weighted by Gasteiger charge is -2.36. The molecular formula is C25H30N2O6. The van der Waals surface area contributed by atoms with E-state index in [0.717, 1.165) is 57.7 Å². The fraction of sp³-hybridized carbons (Fsp3) is 0.400. The van der Waals surface area contributed by atoms with Crippen molar-refractivity contribution in [1.29, 1.82) is 0 Å². The molecule has 0 saturated carbocycles. The van der Waals surface area contributed by atoms with Crippen LogP contribution in [0.5, 0.6) is 5.75 Å². The topological polar surface area (TPSA) is 107 Å². The standard InChI is InChI=1S/C23H28N2O2.C2H2O4/c1-27-22-9-5-4-8-21(22)16-24-13-10-19(11-14-24)23(26)25-15-12-18-6-2-3-7-20(18)17-25;3-1(4)2(5)6/h2-9,19H,10-17H2,1H3;(H,3,4)(H,5,6). The number of fused-ring (bicyclic) bond motifs is 1. The first kappa shape index (κ1) is 24.3. The second-order valence-electron chi connectivity index (χ2n) is 8.25. The predicted octanol–water partition coefficient (Wildman–Crippen LogP) is 2.65. The zero-order valence-electron chi connectivity index (χ0n) is 18.8. The number of hydrogen-bond donors (Lipinski definition) is 2. The van der Waals surface area contributed by atoms with Crippen LogP contribution >= 0.6 is 0 Å². The molecule has 2 aliphatic rings. The van der Waals surface area contributed by atoms with Gasteiger partial charge < -0.3 is 19.8 Å². The Labute approximate surface area is 193 Å². The molecule has 2 N–H and O–H groups in total. The lowest BCUT2D eigenvalue weighted by atomic mass is 9.93. The molecule has 2 aromatic carbocycles. The van der Waals surface area contributed by atoms with Crippen LogP contribution in [0.2, 0.25) is 0 Å². The molecule has 2 aliphatic heterocycles. The van der Waals surface area contributed by atoms with Crippen molar-refractivity contribution >= 4 is 17.8 Å². The minimum absolute atomic E-state index is 0.171. The summed E-state index contributed by atoms with van der Waals surface area (Å²) >= 11 is 0. The third-order valence-corrected chi connectivity index (χ3v) is 6.15. The Kier molecular flexibility index (Phi) is 8.43. The van der Waals surface area contributed by atoms with Crippen LogP contribution < -0.4 is 4.74 Å². The summed E-state index contributed by atoms with van der Waals surface area (Å²) < 4.78 is 5.47. The summed E-state index contributed by atoms with van der Waals surface area (Å²) in [5, 5.41) is 14.8. The van der Waals surface area contributed by atoms with E-state index in [2.05, 4.69) is 46.2 Å². The van der Waals surface area contributed by atoms with Crippen molar-refractivity contribution < 1.29 is 29.3 Å². The number of piperidine rings is 1. The highest BCUT2D eigenvalue weighted by Crippen LogP contribution is 2.26. The molecule has 1 amide bonds. The van der Waals surface area contributed by atoms with E-state index < -0.39 is 11.9 Å². The van der Waals surface area contributed by atoms with Gasteiger partial charge in [-0.1, -0.05) is 42.5 Å². The molecule has 33 heavy (non-hydrogen) atoms. The first-order valence-corrected chi connectivity index (χ1v) is 11.0. The zero-order valence-corrected chi connectivity index (χ0v) is 18.8. The molecule has 1 fully saturated rings. The van der Waals surface area contributed by atoms with Crippen molar-refractivity contribution in [3.8, 4) is 5.75 Å². The monoisotopic (exact) mass is 454 g/mol. The van der Waals surface area contributed by atoms with E-state index in [0.29, 0.717) is 5.91 Å². The highest BCUT2D eigenvalue weighted by Gasteiger charge is 2.30. The van der Waals surface area contributed by atoms with Crippen LogP contribution in [0, 0.1) is 5.92 Å². The molecule has 0 aliphatic carbocycles. The number of rotatable bonds is 4. The van der Waals surface area contributed by atoms with E-state index in [9.17, 15) is 4.79 Å². The van der Waals surface area contributed by atoms with Gasteiger partial charge in [0.2, 0.25) is 5.91 Å². The average molecular weight is 455 g/mol. The van der Waals surface area contributed by atoms with E-state index in [1.807, 2.05) is 12.1 Å². The molecule has 0 spiro atoms. The van der Waals surface area contributed by atoms with E-state index in [1.165, 1.54) is 16.7 Å². The molecule has 8 nitrogen and oxygen atoms in total. The molecule has 2 heterocycles. The maximum atomic E-state index is 13.0. The minimum atomic E-state index is -1.82. The van der Waals surface area contributed by atoms with Crippen molar-refractivity contribution in [1.82, 2.24) is 9.80 Å². The van der Waals surface area contributed by atoms with Crippen molar-refractivity contribution in [3.05, 3.63) is 65.2 Å². The van der Waals surface area contributed by atoms with Gasteiger partial charge in [0, 0.05) is 31.1 Å². The second kappa shape index (κ2) is 11.5. The Bertz CT molecular complexity index is 972. The summed E-state index contributed by atoms with van der Waals surface area (Å²) in [6.45, 7) is 4.47. The van der Waals surface area contributed by atoms with Crippen molar-refractivity contribution in [3.63, 3.8) is 0 Å². The largest absolute Gasteiger partial charge is 0.496 e. The van der Waals surface area contributed by atoms with Crippen LogP contribution in [-0.4, -0.2) is 64.6 Å². The van der Waals surface area contributed by atoms with Gasteiger partial charge >= 0.3 is 11.9 Å². The summed E-state index contributed by atoms with van der Waals surface area (Å²) in [6, 6.07) is 16.7. The van der Waals surface area contributed by atoms with Crippen molar-refractivity contribution in [2.45, 2.75) is 32.4 Å². The zero-order chi connectivity index (χ0) is 23.8. The van der Waals surface area contributed by atoms with Gasteiger partial charge in [-0.3, -0.25) is 9.69 Å². The van der Waals surface area contributed by atoms with Gasteiger partial charge in [-0.25, -0.2) is 9.59 Å². The second-order valence-corrected chi connectivity index (χ2v) is 8.25. The number of hydrogen-bond acceptors (Lipinski definition) is 5. The molecule has 0 aromatic heterocycles. The van der Waals surface area contributed by atoms with Gasteiger partial charge in [0.25, 0.3) is 0 Å². The summed E-state index contributed by atoms with van der Waals surface area (Å²) in [4.78, 5) is 35.7. The Hall–Kier alpha value is -3.39. The molecule has 0 radical (unpaired) electrons. The Morgan fingerprint density at radius 1 is 0.909 bits per heavy atom. The van der Waals surface area contributed by atoms with Crippen molar-refractivity contribution in [2.75, 3.05) is 26.7 Å². The molecule has 0 unspecified atom stereocenters. The summed E-state index contributed by atoms with van der Waals surface area (Å²) in [6.07, 6.45) is 2.88. The molecule has 8 heteroatoms. The number of carboxylic acid groups (broad SMARTS) is 2. The molecular weight excluding hydrogens is 424 g/mol. The highest BCUT2D eigenvalue weighted by molar-refractivity contribution is 6.27. The number of carboxylic acids is 2. The Morgan fingerprint density at radius 3 is 2.15 bits per heavy atom. The average Bonchev–Trinajstić information content (AvgIpc) is 2.84. The third-order valence-electron chi connectivity index (χ3n) is 6.15.